The van der Waals surface area contributed by atoms with E-state index in [-0.39, 0.29) is 24.9 Å². The number of benzene rings is 2. The molecule has 2 heterocycles. The first-order valence-electron chi connectivity index (χ1n) is 12.3. The van der Waals surface area contributed by atoms with Crippen LogP contribution in [0.3, 0.4) is 0 Å². The van der Waals surface area contributed by atoms with E-state index in [1.165, 1.54) is 4.90 Å². The predicted octanol–water partition coefficient (Wildman–Crippen LogP) is 4.42. The minimum atomic E-state index is -0.993. The fourth-order valence-electron chi connectivity index (χ4n) is 4.06. The molecular weight excluding hydrogens is 470 g/mol. The first-order chi connectivity index (χ1) is 17.7. The maximum Gasteiger partial charge on any atom is 0.251 e. The van der Waals surface area contributed by atoms with Crippen molar-refractivity contribution < 1.29 is 18.7 Å². The Morgan fingerprint density at radius 1 is 1.14 bits per heavy atom. The SMILES string of the molecule is CCC(C)(C)NC(=O)C(c1ccc(C)o1)N(Cc1cccc(OC)c1)C(=O)Cn1nnc2ccccc21. The van der Waals surface area contributed by atoms with Crippen molar-refractivity contribution in [1.29, 1.82) is 0 Å². The highest BCUT2D eigenvalue weighted by Gasteiger charge is 2.36. The van der Waals surface area contributed by atoms with Gasteiger partial charge in [-0.05, 0) is 69.2 Å². The second-order valence-corrected chi connectivity index (χ2v) is 9.69. The molecular formula is C28H33N5O4. The lowest BCUT2D eigenvalue weighted by Crippen LogP contribution is -2.50. The summed E-state index contributed by atoms with van der Waals surface area (Å²) in [5.74, 6) is 1.08. The van der Waals surface area contributed by atoms with Crippen molar-refractivity contribution in [3.8, 4) is 5.75 Å². The molecule has 0 spiro atoms. The van der Waals surface area contributed by atoms with Crippen molar-refractivity contribution >= 4 is 22.8 Å². The van der Waals surface area contributed by atoms with Crippen LogP contribution in [0.5, 0.6) is 5.75 Å². The van der Waals surface area contributed by atoms with Crippen LogP contribution in [0.1, 0.15) is 50.3 Å². The molecule has 194 valence electrons. The molecule has 0 aliphatic rings. The molecule has 0 aliphatic heterocycles. The van der Waals surface area contributed by atoms with Crippen LogP contribution in [-0.4, -0.2) is 44.4 Å². The molecule has 9 heteroatoms. The van der Waals surface area contributed by atoms with Crippen LogP contribution in [-0.2, 0) is 22.7 Å². The molecule has 0 saturated heterocycles. The normalized spacial score (nSPS) is 12.4. The third kappa shape index (κ3) is 5.99. The van der Waals surface area contributed by atoms with Crippen molar-refractivity contribution in [2.75, 3.05) is 7.11 Å². The monoisotopic (exact) mass is 503 g/mol. The molecule has 0 saturated carbocycles. The lowest BCUT2D eigenvalue weighted by Gasteiger charge is -2.33. The van der Waals surface area contributed by atoms with Gasteiger partial charge in [-0.1, -0.05) is 36.4 Å². The van der Waals surface area contributed by atoms with E-state index in [2.05, 4.69) is 15.6 Å². The van der Waals surface area contributed by atoms with Crippen LogP contribution in [0, 0.1) is 6.92 Å². The zero-order valence-electron chi connectivity index (χ0n) is 21.9. The second-order valence-electron chi connectivity index (χ2n) is 9.69. The Morgan fingerprint density at radius 3 is 2.62 bits per heavy atom. The van der Waals surface area contributed by atoms with Gasteiger partial charge in [-0.2, -0.15) is 0 Å². The number of hydrogen-bond acceptors (Lipinski definition) is 6. The molecule has 4 rings (SSSR count). The van der Waals surface area contributed by atoms with Gasteiger partial charge in [0.1, 0.15) is 29.3 Å². The number of carbonyl (C=O) groups is 2. The van der Waals surface area contributed by atoms with Gasteiger partial charge in [-0.3, -0.25) is 9.59 Å². The first-order valence-corrected chi connectivity index (χ1v) is 12.3. The molecule has 2 amide bonds. The lowest BCUT2D eigenvalue weighted by molar-refractivity contribution is -0.143. The van der Waals surface area contributed by atoms with E-state index in [1.54, 1.807) is 23.9 Å². The maximum atomic E-state index is 14.0. The number of ether oxygens (including phenoxy) is 1. The minimum Gasteiger partial charge on any atom is -0.497 e. The van der Waals surface area contributed by atoms with Gasteiger partial charge in [-0.15, -0.1) is 5.10 Å². The summed E-state index contributed by atoms with van der Waals surface area (Å²) < 4.78 is 12.9. The van der Waals surface area contributed by atoms with Crippen molar-refractivity contribution in [2.24, 2.45) is 0 Å². The molecule has 0 aliphatic carbocycles. The van der Waals surface area contributed by atoms with E-state index in [1.807, 2.05) is 76.2 Å². The molecule has 9 nitrogen and oxygen atoms in total. The van der Waals surface area contributed by atoms with Crippen LogP contribution >= 0.6 is 0 Å². The number of para-hydroxylation sites is 1. The third-order valence-electron chi connectivity index (χ3n) is 6.45. The summed E-state index contributed by atoms with van der Waals surface area (Å²) in [4.78, 5) is 29.3. The number of carbonyl (C=O) groups excluding carboxylic acids is 2. The summed E-state index contributed by atoms with van der Waals surface area (Å²) in [6, 6.07) is 17.4. The summed E-state index contributed by atoms with van der Waals surface area (Å²) in [6.45, 7) is 7.78. The van der Waals surface area contributed by atoms with Crippen LogP contribution in [0.25, 0.3) is 11.0 Å². The summed E-state index contributed by atoms with van der Waals surface area (Å²) in [5, 5.41) is 11.4. The Hall–Kier alpha value is -4.14. The molecule has 1 N–H and O–H groups in total. The quantitative estimate of drug-likeness (QED) is 0.344. The Labute approximate surface area is 216 Å². The highest BCUT2D eigenvalue weighted by molar-refractivity contribution is 5.89. The van der Waals surface area contributed by atoms with Gasteiger partial charge in [0.2, 0.25) is 5.91 Å². The van der Waals surface area contributed by atoms with Crippen molar-refractivity contribution in [1.82, 2.24) is 25.2 Å². The van der Waals surface area contributed by atoms with Gasteiger partial charge in [0.25, 0.3) is 5.91 Å². The summed E-state index contributed by atoms with van der Waals surface area (Å²) in [7, 11) is 1.59. The number of rotatable bonds is 10. The highest BCUT2D eigenvalue weighted by Crippen LogP contribution is 2.28. The van der Waals surface area contributed by atoms with E-state index in [0.717, 1.165) is 17.5 Å². The lowest BCUT2D eigenvalue weighted by atomic mass is 10.0. The smallest absolute Gasteiger partial charge is 0.251 e. The van der Waals surface area contributed by atoms with Gasteiger partial charge in [0.15, 0.2) is 6.04 Å². The number of aryl methyl sites for hydroxylation is 1. The van der Waals surface area contributed by atoms with Crippen LogP contribution in [0.15, 0.2) is 65.1 Å². The van der Waals surface area contributed by atoms with Crippen molar-refractivity contribution in [3.05, 3.63) is 77.7 Å². The Bertz CT molecular complexity index is 1390. The standard InChI is InChI=1S/C28H33N5O4/c1-6-28(3,4)29-27(35)26(24-15-14-19(2)37-24)32(17-20-10-9-11-21(16-20)36-5)25(34)18-33-23-13-8-7-12-22(23)30-31-33/h7-16,26H,6,17-18H2,1-5H3,(H,29,35). The van der Waals surface area contributed by atoms with Gasteiger partial charge >= 0.3 is 0 Å². The predicted molar refractivity (Wildman–Crippen MR) is 140 cm³/mol. The topological polar surface area (TPSA) is 102 Å². The molecule has 0 bridgehead atoms. The summed E-state index contributed by atoms with van der Waals surface area (Å²) in [6.07, 6.45) is 0.720. The molecule has 2 aromatic heterocycles. The zero-order valence-corrected chi connectivity index (χ0v) is 21.9. The van der Waals surface area contributed by atoms with Crippen LogP contribution in [0.2, 0.25) is 0 Å². The average Bonchev–Trinajstić information content (AvgIpc) is 3.49. The molecule has 1 atom stereocenters. The number of nitrogens with zero attached hydrogens (tertiary/aromatic N) is 4. The highest BCUT2D eigenvalue weighted by atomic mass is 16.5. The number of aromatic nitrogens is 3. The van der Waals surface area contributed by atoms with Crippen LogP contribution in [0.4, 0.5) is 0 Å². The fraction of sp³-hybridized carbons (Fsp3) is 0.357. The van der Waals surface area contributed by atoms with Crippen LogP contribution < -0.4 is 10.1 Å². The molecule has 0 fully saturated rings. The molecule has 37 heavy (non-hydrogen) atoms. The van der Waals surface area contributed by atoms with Crippen molar-refractivity contribution in [2.45, 2.75) is 58.8 Å². The molecule has 0 radical (unpaired) electrons. The van der Waals surface area contributed by atoms with Gasteiger partial charge in [0.05, 0.1) is 12.6 Å². The Kier molecular flexibility index (Phi) is 7.61. The number of hydrogen-bond donors (Lipinski definition) is 1. The number of nitrogens with one attached hydrogen (secondary N) is 1. The molecule has 1 unspecified atom stereocenters. The minimum absolute atomic E-state index is 0.0921. The zero-order chi connectivity index (χ0) is 26.6. The number of methoxy groups -OCH3 is 1. The van der Waals surface area contributed by atoms with Gasteiger partial charge in [0, 0.05) is 12.1 Å². The number of fused-ring (bicyclic) bond motifs is 1. The van der Waals surface area contributed by atoms with E-state index < -0.39 is 11.6 Å². The van der Waals surface area contributed by atoms with E-state index in [9.17, 15) is 9.59 Å². The molecule has 4 aromatic rings. The van der Waals surface area contributed by atoms with E-state index >= 15 is 0 Å². The largest absolute Gasteiger partial charge is 0.497 e. The first kappa shape index (κ1) is 25.9. The van der Waals surface area contributed by atoms with Crippen molar-refractivity contribution in [3.63, 3.8) is 0 Å². The Balaban J connectivity index is 1.76. The summed E-state index contributed by atoms with van der Waals surface area (Å²) >= 11 is 0. The number of furan rings is 1. The summed E-state index contributed by atoms with van der Waals surface area (Å²) in [5.41, 5.74) is 1.77. The fourth-order valence-corrected chi connectivity index (χ4v) is 4.06. The molecule has 2 aromatic carbocycles. The average molecular weight is 504 g/mol. The third-order valence-corrected chi connectivity index (χ3v) is 6.45. The number of amides is 2. The van der Waals surface area contributed by atoms with Gasteiger partial charge < -0.3 is 19.4 Å². The van der Waals surface area contributed by atoms with E-state index in [0.29, 0.717) is 22.8 Å². The maximum absolute atomic E-state index is 14.0. The van der Waals surface area contributed by atoms with E-state index in [4.69, 9.17) is 9.15 Å². The second kappa shape index (κ2) is 10.9. The van der Waals surface area contributed by atoms with Gasteiger partial charge in [-0.25, -0.2) is 4.68 Å². The Morgan fingerprint density at radius 2 is 1.92 bits per heavy atom.